The van der Waals surface area contributed by atoms with Crippen LogP contribution in [0, 0.1) is 5.82 Å². The van der Waals surface area contributed by atoms with E-state index in [0.29, 0.717) is 23.7 Å². The van der Waals surface area contributed by atoms with Crippen LogP contribution in [0.25, 0.3) is 0 Å². The molecule has 2 amide bonds. The average Bonchev–Trinajstić information content (AvgIpc) is 3.39. The molecule has 0 spiro atoms. The Balaban J connectivity index is 1.75. The van der Waals surface area contributed by atoms with Gasteiger partial charge in [-0.2, -0.15) is 0 Å². The highest BCUT2D eigenvalue weighted by Crippen LogP contribution is 2.31. The number of anilines is 1. The van der Waals surface area contributed by atoms with E-state index in [1.807, 2.05) is 0 Å². The van der Waals surface area contributed by atoms with Gasteiger partial charge < -0.3 is 20.1 Å². The van der Waals surface area contributed by atoms with Gasteiger partial charge in [0, 0.05) is 18.7 Å². The highest BCUT2D eigenvalue weighted by Gasteiger charge is 2.32. The van der Waals surface area contributed by atoms with Crippen molar-refractivity contribution in [2.24, 2.45) is 0 Å². The molecule has 0 atom stereocenters. The predicted molar refractivity (Wildman–Crippen MR) is 88.7 cm³/mol. The minimum atomic E-state index is -0.392. The molecule has 6 heteroatoms. The highest BCUT2D eigenvalue weighted by atomic mass is 19.1. The van der Waals surface area contributed by atoms with Crippen LogP contribution >= 0.6 is 0 Å². The van der Waals surface area contributed by atoms with Gasteiger partial charge in [0.25, 0.3) is 0 Å². The number of nitrogens with one attached hydrogen (secondary N) is 1. The van der Waals surface area contributed by atoms with E-state index in [1.54, 1.807) is 41.3 Å². The summed E-state index contributed by atoms with van der Waals surface area (Å²) in [5.41, 5.74) is 0.496. The van der Waals surface area contributed by atoms with Crippen molar-refractivity contribution in [3.63, 3.8) is 0 Å². The number of rotatable bonds is 6. The van der Waals surface area contributed by atoms with Crippen LogP contribution < -0.4 is 10.1 Å². The van der Waals surface area contributed by atoms with Crippen LogP contribution in [0.4, 0.5) is 14.9 Å². The third kappa shape index (κ3) is 4.02. The van der Waals surface area contributed by atoms with Gasteiger partial charge in [-0.15, -0.1) is 0 Å². The fourth-order valence-electron chi connectivity index (χ4n) is 2.45. The molecule has 5 nitrogen and oxygen atoms in total. The molecule has 126 valence electrons. The molecule has 1 fully saturated rings. The van der Waals surface area contributed by atoms with Crippen molar-refractivity contribution >= 4 is 11.7 Å². The van der Waals surface area contributed by atoms with E-state index in [0.717, 1.165) is 12.8 Å². The molecule has 0 heterocycles. The molecular weight excluding hydrogens is 311 g/mol. The molecule has 1 saturated carbocycles. The summed E-state index contributed by atoms with van der Waals surface area (Å²) in [6.07, 6.45) is 1.91. The van der Waals surface area contributed by atoms with Crippen LogP contribution in [0.5, 0.6) is 11.5 Å². The van der Waals surface area contributed by atoms with E-state index in [1.165, 1.54) is 12.1 Å². The first-order chi connectivity index (χ1) is 11.7. The minimum absolute atomic E-state index is 0.0780. The van der Waals surface area contributed by atoms with Crippen LogP contribution in [0.3, 0.4) is 0 Å². The number of ether oxygens (including phenoxy) is 1. The Kier molecular flexibility index (Phi) is 4.96. The maximum atomic E-state index is 13.3. The molecule has 0 bridgehead atoms. The lowest BCUT2D eigenvalue weighted by molar-refractivity contribution is 0.185. The topological polar surface area (TPSA) is 61.8 Å². The number of benzene rings is 2. The number of urea groups is 1. The molecule has 1 aliphatic carbocycles. The van der Waals surface area contributed by atoms with Gasteiger partial charge in [-0.1, -0.05) is 18.2 Å². The number of hydrogen-bond acceptors (Lipinski definition) is 3. The molecule has 2 N–H and O–H groups in total. The lowest BCUT2D eigenvalue weighted by Crippen LogP contribution is -2.38. The third-order valence-electron chi connectivity index (χ3n) is 3.74. The number of nitrogens with zero attached hydrogens (tertiary/aromatic N) is 1. The summed E-state index contributed by atoms with van der Waals surface area (Å²) < 4.78 is 19.0. The number of halogens is 1. The van der Waals surface area contributed by atoms with E-state index in [9.17, 15) is 9.18 Å². The van der Waals surface area contributed by atoms with Gasteiger partial charge >= 0.3 is 6.03 Å². The first kappa shape index (κ1) is 16.3. The van der Waals surface area contributed by atoms with Crippen molar-refractivity contribution in [2.75, 3.05) is 18.5 Å². The van der Waals surface area contributed by atoms with Crippen LogP contribution in [-0.4, -0.2) is 35.2 Å². The number of carbonyl (C=O) groups excluding carboxylic acids is 1. The summed E-state index contributed by atoms with van der Waals surface area (Å²) >= 11 is 0. The monoisotopic (exact) mass is 330 g/mol. The number of para-hydroxylation sites is 2. The Bertz CT molecular complexity index is 719. The maximum absolute atomic E-state index is 13.3. The van der Waals surface area contributed by atoms with Gasteiger partial charge in [-0.05, 0) is 37.1 Å². The Morgan fingerprint density at radius 2 is 2.04 bits per heavy atom. The van der Waals surface area contributed by atoms with Crippen molar-refractivity contribution in [1.29, 1.82) is 0 Å². The van der Waals surface area contributed by atoms with Crippen molar-refractivity contribution in [3.05, 3.63) is 54.3 Å². The zero-order valence-corrected chi connectivity index (χ0v) is 13.1. The third-order valence-corrected chi connectivity index (χ3v) is 3.74. The SMILES string of the molecule is O=C(Nc1ccccc1Oc1cccc(F)c1)N(CCO)C1CC1. The molecule has 0 saturated heterocycles. The second kappa shape index (κ2) is 7.31. The van der Waals surface area contributed by atoms with Crippen molar-refractivity contribution in [2.45, 2.75) is 18.9 Å². The Labute approximate surface area is 139 Å². The van der Waals surface area contributed by atoms with Gasteiger partial charge in [0.2, 0.25) is 0 Å². The van der Waals surface area contributed by atoms with E-state index in [-0.39, 0.29) is 18.7 Å². The zero-order valence-electron chi connectivity index (χ0n) is 13.1. The Morgan fingerprint density at radius 3 is 2.75 bits per heavy atom. The van der Waals surface area contributed by atoms with Gasteiger partial charge in [0.1, 0.15) is 11.6 Å². The first-order valence-electron chi connectivity index (χ1n) is 7.88. The number of aliphatic hydroxyl groups is 1. The fourth-order valence-corrected chi connectivity index (χ4v) is 2.45. The van der Waals surface area contributed by atoms with Crippen LogP contribution in [-0.2, 0) is 0 Å². The minimum Gasteiger partial charge on any atom is -0.455 e. The zero-order chi connectivity index (χ0) is 16.9. The standard InChI is InChI=1S/C18H19FN2O3/c19-13-4-3-5-15(12-13)24-17-7-2-1-6-16(17)20-18(23)21(10-11-22)14-8-9-14/h1-7,12,14,22H,8-11H2,(H,20,23). The van der Waals surface area contributed by atoms with Gasteiger partial charge in [-0.3, -0.25) is 0 Å². The van der Waals surface area contributed by atoms with Crippen LogP contribution in [0.15, 0.2) is 48.5 Å². The summed E-state index contributed by atoms with van der Waals surface area (Å²) in [4.78, 5) is 14.1. The molecule has 2 aromatic rings. The smallest absolute Gasteiger partial charge is 0.322 e. The molecule has 1 aliphatic rings. The van der Waals surface area contributed by atoms with Crippen molar-refractivity contribution in [3.8, 4) is 11.5 Å². The summed E-state index contributed by atoms with van der Waals surface area (Å²) in [6.45, 7) is 0.217. The molecule has 3 rings (SSSR count). The van der Waals surface area contributed by atoms with E-state index < -0.39 is 5.82 Å². The Hall–Kier alpha value is -2.60. The Morgan fingerprint density at radius 1 is 1.25 bits per heavy atom. The molecule has 0 aromatic heterocycles. The average molecular weight is 330 g/mol. The second-order valence-electron chi connectivity index (χ2n) is 5.63. The van der Waals surface area contributed by atoms with Crippen molar-refractivity contribution in [1.82, 2.24) is 4.90 Å². The number of hydrogen-bond donors (Lipinski definition) is 2. The molecule has 0 aliphatic heterocycles. The van der Waals surface area contributed by atoms with E-state index in [4.69, 9.17) is 9.84 Å². The van der Waals surface area contributed by atoms with E-state index in [2.05, 4.69) is 5.32 Å². The van der Waals surface area contributed by atoms with Gasteiger partial charge in [-0.25, -0.2) is 9.18 Å². The summed E-state index contributed by atoms with van der Waals surface area (Å²) in [5, 5.41) is 11.9. The molecule has 24 heavy (non-hydrogen) atoms. The first-order valence-corrected chi connectivity index (χ1v) is 7.88. The number of carbonyl (C=O) groups is 1. The summed E-state index contributed by atoms with van der Waals surface area (Å²) in [6, 6.07) is 12.7. The molecule has 2 aromatic carbocycles. The molecular formula is C18H19FN2O3. The summed E-state index contributed by atoms with van der Waals surface area (Å²) in [7, 11) is 0. The number of amides is 2. The van der Waals surface area contributed by atoms with E-state index >= 15 is 0 Å². The molecule has 0 unspecified atom stereocenters. The van der Waals surface area contributed by atoms with Gasteiger partial charge in [0.05, 0.1) is 12.3 Å². The van der Waals surface area contributed by atoms with Gasteiger partial charge in [0.15, 0.2) is 5.75 Å². The van der Waals surface area contributed by atoms with Crippen LogP contribution in [0.1, 0.15) is 12.8 Å². The predicted octanol–water partition coefficient (Wildman–Crippen LogP) is 3.61. The fraction of sp³-hybridized carbons (Fsp3) is 0.278. The normalized spacial score (nSPS) is 13.4. The lowest BCUT2D eigenvalue weighted by atomic mass is 10.3. The lowest BCUT2D eigenvalue weighted by Gasteiger charge is -2.22. The second-order valence-corrected chi connectivity index (χ2v) is 5.63. The number of aliphatic hydroxyl groups excluding tert-OH is 1. The largest absolute Gasteiger partial charge is 0.455 e. The highest BCUT2D eigenvalue weighted by molar-refractivity contribution is 5.91. The molecule has 0 radical (unpaired) electrons. The van der Waals surface area contributed by atoms with Crippen molar-refractivity contribution < 1.29 is 19.0 Å². The van der Waals surface area contributed by atoms with Crippen LogP contribution in [0.2, 0.25) is 0 Å². The maximum Gasteiger partial charge on any atom is 0.322 e. The summed E-state index contributed by atoms with van der Waals surface area (Å²) in [5.74, 6) is 0.388. The quantitative estimate of drug-likeness (QED) is 0.850.